The molecule has 15 heavy (non-hydrogen) atoms. The molecule has 1 unspecified atom stereocenters. The maximum Gasteiger partial charge on any atom is 0.0204 e. The second kappa shape index (κ2) is 4.42. The van der Waals surface area contributed by atoms with Crippen molar-refractivity contribution in [2.24, 2.45) is 5.41 Å². The molecule has 1 aliphatic carbocycles. The first-order chi connectivity index (χ1) is 7.11. The largest absolute Gasteiger partial charge is 0.316 e. The molecule has 1 N–H and O–H groups in total. The van der Waals surface area contributed by atoms with Crippen LogP contribution in [-0.4, -0.2) is 37.1 Å². The molecule has 0 amide bonds. The van der Waals surface area contributed by atoms with Crippen LogP contribution in [0.1, 0.15) is 46.0 Å². The van der Waals surface area contributed by atoms with Gasteiger partial charge in [0.1, 0.15) is 0 Å². The Morgan fingerprint density at radius 3 is 2.33 bits per heavy atom. The molecule has 2 rings (SSSR count). The average molecular weight is 210 g/mol. The number of hydrogen-bond acceptors (Lipinski definition) is 2. The lowest BCUT2D eigenvalue weighted by Gasteiger charge is -2.38. The van der Waals surface area contributed by atoms with Gasteiger partial charge >= 0.3 is 0 Å². The Morgan fingerprint density at radius 2 is 1.80 bits per heavy atom. The number of hydrogen-bond donors (Lipinski definition) is 1. The highest BCUT2D eigenvalue weighted by molar-refractivity contribution is 4.89. The van der Waals surface area contributed by atoms with Crippen molar-refractivity contribution in [1.29, 1.82) is 0 Å². The highest BCUT2D eigenvalue weighted by Gasteiger charge is 2.33. The number of likely N-dealkylation sites (tertiary alicyclic amines) is 1. The molecule has 1 saturated heterocycles. The van der Waals surface area contributed by atoms with Crippen LogP contribution >= 0.6 is 0 Å². The summed E-state index contributed by atoms with van der Waals surface area (Å²) in [5.74, 6) is 0. The van der Waals surface area contributed by atoms with Crippen LogP contribution in [-0.2, 0) is 0 Å². The fourth-order valence-electron chi connectivity index (χ4n) is 3.10. The van der Waals surface area contributed by atoms with Crippen molar-refractivity contribution in [2.75, 3.05) is 20.1 Å². The number of rotatable bonds is 2. The van der Waals surface area contributed by atoms with Crippen LogP contribution < -0.4 is 5.32 Å². The van der Waals surface area contributed by atoms with Gasteiger partial charge in [-0.25, -0.2) is 0 Å². The van der Waals surface area contributed by atoms with Crippen molar-refractivity contribution in [2.45, 2.75) is 58.0 Å². The lowest BCUT2D eigenvalue weighted by Crippen LogP contribution is -2.40. The SMILES string of the molecule is CNC1CCN(C2CCC(C)(C)CC2)C1. The lowest BCUT2D eigenvalue weighted by molar-refractivity contribution is 0.125. The summed E-state index contributed by atoms with van der Waals surface area (Å²) in [5.41, 5.74) is 0.610. The number of likely N-dealkylation sites (N-methyl/N-ethyl adjacent to an activating group) is 1. The van der Waals surface area contributed by atoms with E-state index in [9.17, 15) is 0 Å². The lowest BCUT2D eigenvalue weighted by atomic mass is 9.75. The topological polar surface area (TPSA) is 15.3 Å². The third-order valence-electron chi connectivity index (χ3n) is 4.45. The minimum atomic E-state index is 0.610. The van der Waals surface area contributed by atoms with Gasteiger partial charge in [-0.05, 0) is 44.6 Å². The van der Waals surface area contributed by atoms with Crippen molar-refractivity contribution in [3.8, 4) is 0 Å². The Bertz CT molecular complexity index is 203. The molecule has 88 valence electrons. The van der Waals surface area contributed by atoms with E-state index in [1.54, 1.807) is 0 Å². The monoisotopic (exact) mass is 210 g/mol. The van der Waals surface area contributed by atoms with E-state index < -0.39 is 0 Å². The fourth-order valence-corrected chi connectivity index (χ4v) is 3.10. The van der Waals surface area contributed by atoms with E-state index in [0.29, 0.717) is 5.41 Å². The van der Waals surface area contributed by atoms with E-state index in [0.717, 1.165) is 12.1 Å². The van der Waals surface area contributed by atoms with Crippen molar-refractivity contribution < 1.29 is 0 Å². The van der Waals surface area contributed by atoms with Crippen molar-refractivity contribution in [3.05, 3.63) is 0 Å². The third-order valence-corrected chi connectivity index (χ3v) is 4.45. The zero-order valence-electron chi connectivity index (χ0n) is 10.6. The molecular formula is C13H26N2. The second-order valence-corrected chi connectivity index (χ2v) is 6.16. The standard InChI is InChI=1S/C13H26N2/c1-13(2)7-4-12(5-8-13)15-9-6-11(10-15)14-3/h11-12,14H,4-10H2,1-3H3. The van der Waals surface area contributed by atoms with E-state index in [2.05, 4.69) is 31.1 Å². The molecule has 1 aliphatic heterocycles. The molecule has 2 heteroatoms. The Balaban J connectivity index is 1.81. The van der Waals surface area contributed by atoms with E-state index >= 15 is 0 Å². The van der Waals surface area contributed by atoms with Gasteiger partial charge in [0.05, 0.1) is 0 Å². The van der Waals surface area contributed by atoms with Gasteiger partial charge in [0, 0.05) is 25.2 Å². The normalized spacial score (nSPS) is 33.4. The Kier molecular flexibility index (Phi) is 3.36. The van der Waals surface area contributed by atoms with E-state index in [4.69, 9.17) is 0 Å². The van der Waals surface area contributed by atoms with Crippen LogP contribution in [0.25, 0.3) is 0 Å². The molecule has 1 saturated carbocycles. The van der Waals surface area contributed by atoms with Gasteiger partial charge in [0.15, 0.2) is 0 Å². The Labute approximate surface area is 94.4 Å². The first-order valence-electron chi connectivity index (χ1n) is 6.52. The molecule has 0 spiro atoms. The van der Waals surface area contributed by atoms with E-state index in [1.807, 2.05) is 0 Å². The smallest absolute Gasteiger partial charge is 0.0204 e. The van der Waals surface area contributed by atoms with Crippen LogP contribution in [0.15, 0.2) is 0 Å². The van der Waals surface area contributed by atoms with E-state index in [-0.39, 0.29) is 0 Å². The molecule has 0 radical (unpaired) electrons. The third kappa shape index (κ3) is 2.73. The minimum Gasteiger partial charge on any atom is -0.316 e. The molecule has 0 aromatic heterocycles. The van der Waals surface area contributed by atoms with Crippen LogP contribution in [0.3, 0.4) is 0 Å². The van der Waals surface area contributed by atoms with Gasteiger partial charge in [-0.3, -0.25) is 4.90 Å². The van der Waals surface area contributed by atoms with Gasteiger partial charge in [-0.1, -0.05) is 13.8 Å². The van der Waals surface area contributed by atoms with Crippen LogP contribution in [0.5, 0.6) is 0 Å². The maximum atomic E-state index is 3.41. The maximum absolute atomic E-state index is 3.41. The summed E-state index contributed by atoms with van der Waals surface area (Å²) in [5, 5.41) is 3.41. The zero-order valence-corrected chi connectivity index (χ0v) is 10.6. The Hall–Kier alpha value is -0.0800. The van der Waals surface area contributed by atoms with Crippen molar-refractivity contribution in [1.82, 2.24) is 10.2 Å². The number of nitrogens with one attached hydrogen (secondary N) is 1. The molecule has 2 aliphatic rings. The molecule has 1 atom stereocenters. The Morgan fingerprint density at radius 1 is 1.13 bits per heavy atom. The predicted molar refractivity (Wildman–Crippen MR) is 65.1 cm³/mol. The van der Waals surface area contributed by atoms with Gasteiger partial charge in [-0.15, -0.1) is 0 Å². The molecule has 2 nitrogen and oxygen atoms in total. The second-order valence-electron chi connectivity index (χ2n) is 6.16. The van der Waals surface area contributed by atoms with Gasteiger partial charge in [0.2, 0.25) is 0 Å². The summed E-state index contributed by atoms with van der Waals surface area (Å²) >= 11 is 0. The van der Waals surface area contributed by atoms with Gasteiger partial charge < -0.3 is 5.32 Å². The number of nitrogens with zero attached hydrogens (tertiary/aromatic N) is 1. The quantitative estimate of drug-likeness (QED) is 0.752. The highest BCUT2D eigenvalue weighted by Crippen LogP contribution is 2.37. The summed E-state index contributed by atoms with van der Waals surface area (Å²) < 4.78 is 0. The summed E-state index contributed by atoms with van der Waals surface area (Å²) in [7, 11) is 2.10. The van der Waals surface area contributed by atoms with Crippen molar-refractivity contribution >= 4 is 0 Å². The van der Waals surface area contributed by atoms with Gasteiger partial charge in [-0.2, -0.15) is 0 Å². The zero-order chi connectivity index (χ0) is 10.9. The van der Waals surface area contributed by atoms with Gasteiger partial charge in [0.25, 0.3) is 0 Å². The van der Waals surface area contributed by atoms with Crippen LogP contribution in [0.2, 0.25) is 0 Å². The summed E-state index contributed by atoms with van der Waals surface area (Å²) in [6.45, 7) is 7.44. The molecule has 0 aromatic rings. The van der Waals surface area contributed by atoms with Crippen LogP contribution in [0, 0.1) is 5.41 Å². The van der Waals surface area contributed by atoms with Crippen LogP contribution in [0.4, 0.5) is 0 Å². The molecule has 1 heterocycles. The molecule has 2 fully saturated rings. The minimum absolute atomic E-state index is 0.610. The molecule has 0 aromatic carbocycles. The summed E-state index contributed by atoms with van der Waals surface area (Å²) in [6.07, 6.45) is 7.01. The first-order valence-corrected chi connectivity index (χ1v) is 6.52. The summed E-state index contributed by atoms with van der Waals surface area (Å²) in [6, 6.07) is 1.64. The fraction of sp³-hybridized carbons (Fsp3) is 1.00. The predicted octanol–water partition coefficient (Wildman–Crippen LogP) is 2.25. The van der Waals surface area contributed by atoms with E-state index in [1.165, 1.54) is 45.2 Å². The highest BCUT2D eigenvalue weighted by atomic mass is 15.2. The first kappa shape index (κ1) is 11.4. The molecular weight excluding hydrogens is 184 g/mol. The summed E-state index contributed by atoms with van der Waals surface area (Å²) in [4.78, 5) is 2.72. The molecule has 0 bridgehead atoms. The van der Waals surface area contributed by atoms with Crippen molar-refractivity contribution in [3.63, 3.8) is 0 Å². The average Bonchev–Trinajstić information content (AvgIpc) is 2.66.